The molecular weight excluding hydrogens is 324 g/mol. The van der Waals surface area contributed by atoms with E-state index in [0.29, 0.717) is 6.04 Å². The Balaban J connectivity index is 0.00000242. The first-order chi connectivity index (χ1) is 10.0. The Kier molecular flexibility index (Phi) is 7.64. The number of rotatable bonds is 5. The highest BCUT2D eigenvalue weighted by molar-refractivity contribution is 7.10. The highest BCUT2D eigenvalue weighted by Gasteiger charge is 2.23. The lowest BCUT2D eigenvalue weighted by atomic mass is 10.00. The van der Waals surface area contributed by atoms with E-state index in [9.17, 15) is 9.59 Å². The number of halogens is 1. The Morgan fingerprint density at radius 1 is 1.55 bits per heavy atom. The molecule has 0 saturated carbocycles. The van der Waals surface area contributed by atoms with Gasteiger partial charge in [-0.3, -0.25) is 4.79 Å². The number of amides is 3. The van der Waals surface area contributed by atoms with Crippen LogP contribution >= 0.6 is 23.7 Å². The van der Waals surface area contributed by atoms with Crippen LogP contribution in [0.15, 0.2) is 17.5 Å². The molecule has 22 heavy (non-hydrogen) atoms. The van der Waals surface area contributed by atoms with Gasteiger partial charge in [-0.05, 0) is 37.8 Å². The van der Waals surface area contributed by atoms with Crippen molar-refractivity contribution < 1.29 is 9.59 Å². The summed E-state index contributed by atoms with van der Waals surface area (Å²) in [6, 6.07) is 3.43. The maximum Gasteiger partial charge on any atom is 0.312 e. The first-order valence-corrected chi connectivity index (χ1v) is 8.04. The smallest absolute Gasteiger partial charge is 0.312 e. The summed E-state index contributed by atoms with van der Waals surface area (Å²) in [6.45, 7) is 3.03. The van der Waals surface area contributed by atoms with Gasteiger partial charge in [-0.25, -0.2) is 4.79 Å². The number of thiophene rings is 1. The zero-order valence-electron chi connectivity index (χ0n) is 12.5. The molecular formula is C14H23ClN4O2S. The summed E-state index contributed by atoms with van der Waals surface area (Å²) in [7, 11) is 0. The van der Waals surface area contributed by atoms with Gasteiger partial charge in [0.1, 0.15) is 0 Å². The number of nitrogens with two attached hydrogens (primary N) is 1. The van der Waals surface area contributed by atoms with Crippen LogP contribution in [0, 0.1) is 0 Å². The van der Waals surface area contributed by atoms with E-state index >= 15 is 0 Å². The lowest BCUT2D eigenvalue weighted by molar-refractivity contribution is -0.122. The summed E-state index contributed by atoms with van der Waals surface area (Å²) in [5.41, 5.74) is 5.19. The SMILES string of the molecule is CC1CC(NC(=O)CC(NC(N)=O)c2cccs2)CCN1.Cl. The molecule has 0 bridgehead atoms. The fourth-order valence-corrected chi connectivity index (χ4v) is 3.40. The van der Waals surface area contributed by atoms with E-state index in [-0.39, 0.29) is 36.8 Å². The molecule has 1 aromatic heterocycles. The standard InChI is InChI=1S/C14H22N4O2S.ClH/c1-9-7-10(4-5-16-9)17-13(19)8-11(18-14(15)20)12-3-2-6-21-12;/h2-3,6,9-11,16H,4-5,7-8H2,1H3,(H,17,19)(H3,15,18,20);1H. The second kappa shape index (κ2) is 8.97. The molecule has 0 spiro atoms. The van der Waals surface area contributed by atoms with Crippen LogP contribution in [-0.2, 0) is 4.79 Å². The van der Waals surface area contributed by atoms with Gasteiger partial charge in [0.15, 0.2) is 0 Å². The molecule has 1 aliphatic heterocycles. The Bertz CT molecular complexity index is 483. The van der Waals surface area contributed by atoms with Crippen LogP contribution in [0.3, 0.4) is 0 Å². The maximum absolute atomic E-state index is 12.2. The van der Waals surface area contributed by atoms with Crippen molar-refractivity contribution in [2.24, 2.45) is 5.73 Å². The van der Waals surface area contributed by atoms with Crippen molar-refractivity contribution in [1.29, 1.82) is 0 Å². The zero-order chi connectivity index (χ0) is 15.2. The van der Waals surface area contributed by atoms with E-state index in [1.807, 2.05) is 17.5 Å². The van der Waals surface area contributed by atoms with Crippen molar-refractivity contribution in [2.45, 2.75) is 44.3 Å². The Labute approximate surface area is 140 Å². The monoisotopic (exact) mass is 346 g/mol. The summed E-state index contributed by atoms with van der Waals surface area (Å²) in [5, 5.41) is 10.9. The third-order valence-electron chi connectivity index (χ3n) is 3.58. The van der Waals surface area contributed by atoms with Crippen molar-refractivity contribution in [3.63, 3.8) is 0 Å². The van der Waals surface area contributed by atoms with Crippen LogP contribution in [0.4, 0.5) is 4.79 Å². The van der Waals surface area contributed by atoms with E-state index in [0.717, 1.165) is 24.3 Å². The Morgan fingerprint density at radius 2 is 2.32 bits per heavy atom. The van der Waals surface area contributed by atoms with Crippen molar-refractivity contribution in [3.8, 4) is 0 Å². The molecule has 124 valence electrons. The van der Waals surface area contributed by atoms with Crippen molar-refractivity contribution in [2.75, 3.05) is 6.54 Å². The number of urea groups is 1. The molecule has 6 nitrogen and oxygen atoms in total. The average molecular weight is 347 g/mol. The molecule has 8 heteroatoms. The molecule has 0 aliphatic carbocycles. The number of piperidine rings is 1. The molecule has 0 aromatic carbocycles. The highest BCUT2D eigenvalue weighted by atomic mass is 35.5. The summed E-state index contributed by atoms with van der Waals surface area (Å²) in [5.74, 6) is -0.0544. The summed E-state index contributed by atoms with van der Waals surface area (Å²) >= 11 is 1.50. The molecule has 3 atom stereocenters. The van der Waals surface area contributed by atoms with Crippen LogP contribution in [0.1, 0.15) is 37.1 Å². The van der Waals surface area contributed by atoms with Crippen molar-refractivity contribution in [1.82, 2.24) is 16.0 Å². The van der Waals surface area contributed by atoms with Crippen LogP contribution < -0.4 is 21.7 Å². The number of primary amides is 1. The molecule has 3 unspecified atom stereocenters. The number of hydrogen-bond acceptors (Lipinski definition) is 4. The van der Waals surface area contributed by atoms with E-state index in [4.69, 9.17) is 5.73 Å². The van der Waals surface area contributed by atoms with Crippen LogP contribution in [0.25, 0.3) is 0 Å². The quantitative estimate of drug-likeness (QED) is 0.651. The normalized spacial score (nSPS) is 22.2. The lowest BCUT2D eigenvalue weighted by Crippen LogP contribution is -2.47. The van der Waals surface area contributed by atoms with Crippen LogP contribution in [0.5, 0.6) is 0 Å². The predicted octanol–water partition coefficient (Wildman–Crippen LogP) is 1.53. The number of hydrogen-bond donors (Lipinski definition) is 4. The van der Waals surface area contributed by atoms with Gasteiger partial charge < -0.3 is 21.7 Å². The van der Waals surface area contributed by atoms with Crippen molar-refractivity contribution >= 4 is 35.7 Å². The van der Waals surface area contributed by atoms with E-state index in [1.165, 1.54) is 11.3 Å². The Morgan fingerprint density at radius 3 is 2.91 bits per heavy atom. The summed E-state index contributed by atoms with van der Waals surface area (Å²) in [6.07, 6.45) is 2.07. The zero-order valence-corrected chi connectivity index (χ0v) is 14.1. The average Bonchev–Trinajstić information content (AvgIpc) is 2.91. The minimum absolute atomic E-state index is 0. The molecule has 1 saturated heterocycles. The second-order valence-electron chi connectivity index (χ2n) is 5.42. The molecule has 2 rings (SSSR count). The molecule has 2 heterocycles. The summed E-state index contributed by atoms with van der Waals surface area (Å²) in [4.78, 5) is 24.2. The third-order valence-corrected chi connectivity index (χ3v) is 4.57. The van der Waals surface area contributed by atoms with Gasteiger partial charge >= 0.3 is 6.03 Å². The molecule has 5 N–H and O–H groups in total. The van der Waals surface area contributed by atoms with Gasteiger partial charge in [0.05, 0.1) is 12.5 Å². The fraction of sp³-hybridized carbons (Fsp3) is 0.571. The van der Waals surface area contributed by atoms with Gasteiger partial charge in [0, 0.05) is 17.0 Å². The Hall–Kier alpha value is -1.31. The minimum atomic E-state index is -0.614. The fourth-order valence-electron chi connectivity index (χ4n) is 2.62. The van der Waals surface area contributed by atoms with Gasteiger partial charge in [-0.15, -0.1) is 23.7 Å². The number of carbonyl (C=O) groups is 2. The van der Waals surface area contributed by atoms with Crippen LogP contribution in [-0.4, -0.2) is 30.6 Å². The highest BCUT2D eigenvalue weighted by Crippen LogP contribution is 2.22. The van der Waals surface area contributed by atoms with Gasteiger partial charge in [0.2, 0.25) is 5.91 Å². The first-order valence-electron chi connectivity index (χ1n) is 7.16. The van der Waals surface area contributed by atoms with Crippen molar-refractivity contribution in [3.05, 3.63) is 22.4 Å². The number of nitrogens with one attached hydrogen (secondary N) is 3. The summed E-state index contributed by atoms with van der Waals surface area (Å²) < 4.78 is 0. The topological polar surface area (TPSA) is 96.2 Å². The molecule has 1 aromatic rings. The molecule has 1 aliphatic rings. The molecule has 0 radical (unpaired) electrons. The van der Waals surface area contributed by atoms with E-state index < -0.39 is 6.03 Å². The second-order valence-corrected chi connectivity index (χ2v) is 6.40. The lowest BCUT2D eigenvalue weighted by Gasteiger charge is -2.29. The predicted molar refractivity (Wildman–Crippen MR) is 90.3 cm³/mol. The number of carbonyl (C=O) groups excluding carboxylic acids is 2. The van der Waals surface area contributed by atoms with Gasteiger partial charge in [-0.1, -0.05) is 6.07 Å². The van der Waals surface area contributed by atoms with Crippen LogP contribution in [0.2, 0.25) is 0 Å². The maximum atomic E-state index is 12.2. The molecule has 1 fully saturated rings. The van der Waals surface area contributed by atoms with E-state index in [1.54, 1.807) is 0 Å². The third kappa shape index (κ3) is 5.82. The largest absolute Gasteiger partial charge is 0.353 e. The first kappa shape index (κ1) is 18.7. The van der Waals surface area contributed by atoms with E-state index in [2.05, 4.69) is 22.9 Å². The molecule has 3 amide bonds. The minimum Gasteiger partial charge on any atom is -0.353 e. The van der Waals surface area contributed by atoms with Gasteiger partial charge in [0.25, 0.3) is 0 Å². The van der Waals surface area contributed by atoms with Gasteiger partial charge in [-0.2, -0.15) is 0 Å².